The second kappa shape index (κ2) is 6.80. The van der Waals surface area contributed by atoms with E-state index in [2.05, 4.69) is 23.5 Å². The summed E-state index contributed by atoms with van der Waals surface area (Å²) in [6.45, 7) is 6.98. The average Bonchev–Trinajstić information content (AvgIpc) is 2.96. The maximum Gasteiger partial charge on any atom is 0.261 e. The predicted octanol–water partition coefficient (Wildman–Crippen LogP) is 3.34. The number of hydrogen-bond donors (Lipinski definition) is 1. The Labute approximate surface area is 176 Å². The molecule has 3 heterocycles. The topological polar surface area (TPSA) is 80.2 Å². The molecule has 8 heteroatoms. The van der Waals surface area contributed by atoms with Crippen molar-refractivity contribution in [2.45, 2.75) is 31.0 Å². The van der Waals surface area contributed by atoms with Gasteiger partial charge >= 0.3 is 0 Å². The fourth-order valence-corrected chi connectivity index (χ4v) is 5.33. The molecule has 0 amide bonds. The van der Waals surface area contributed by atoms with E-state index in [-0.39, 0.29) is 10.3 Å². The molecule has 0 aromatic heterocycles. The first-order valence-electron chi connectivity index (χ1n) is 10.1. The monoisotopic (exact) mass is 427 g/mol. The van der Waals surface area contributed by atoms with Crippen LogP contribution in [0, 0.1) is 5.41 Å². The van der Waals surface area contributed by atoms with E-state index in [9.17, 15) is 8.42 Å². The summed E-state index contributed by atoms with van der Waals surface area (Å²) in [6.07, 6.45) is 0.816. The van der Waals surface area contributed by atoms with Gasteiger partial charge in [0.05, 0.1) is 23.8 Å². The number of ether oxygens (including phenoxy) is 2. The summed E-state index contributed by atoms with van der Waals surface area (Å²) >= 11 is 0. The number of anilines is 2. The van der Waals surface area contributed by atoms with Gasteiger partial charge in [-0.15, -0.1) is 0 Å². The highest BCUT2D eigenvalue weighted by Gasteiger charge is 2.55. The van der Waals surface area contributed by atoms with E-state index in [1.54, 1.807) is 36.4 Å². The lowest BCUT2D eigenvalue weighted by Gasteiger charge is -2.40. The quantitative estimate of drug-likeness (QED) is 0.813. The maximum absolute atomic E-state index is 12.8. The van der Waals surface area contributed by atoms with Crippen molar-refractivity contribution in [3.05, 3.63) is 54.1 Å². The van der Waals surface area contributed by atoms with Gasteiger partial charge in [0, 0.05) is 29.8 Å². The van der Waals surface area contributed by atoms with Crippen molar-refractivity contribution in [1.29, 1.82) is 0 Å². The minimum atomic E-state index is -3.69. The summed E-state index contributed by atoms with van der Waals surface area (Å²) in [5, 5.41) is 0. The van der Waals surface area contributed by atoms with Gasteiger partial charge in [0.1, 0.15) is 0 Å². The minimum Gasteiger partial charge on any atom is -0.340 e. The first kappa shape index (κ1) is 19.5. The van der Waals surface area contributed by atoms with Crippen molar-refractivity contribution in [3.8, 4) is 0 Å². The van der Waals surface area contributed by atoms with Crippen LogP contribution in [0.25, 0.3) is 0 Å². The average molecular weight is 428 g/mol. The number of nitrogens with one attached hydrogen (secondary N) is 1. The smallest absolute Gasteiger partial charge is 0.261 e. The van der Waals surface area contributed by atoms with Gasteiger partial charge in [-0.3, -0.25) is 9.71 Å². The van der Waals surface area contributed by atoms with Crippen LogP contribution in [0.4, 0.5) is 11.4 Å². The van der Waals surface area contributed by atoms with Crippen molar-refractivity contribution in [2.75, 3.05) is 35.9 Å². The summed E-state index contributed by atoms with van der Waals surface area (Å²) in [5.74, 6) is -0.308. The van der Waals surface area contributed by atoms with E-state index in [4.69, 9.17) is 14.5 Å². The molecular weight excluding hydrogens is 402 g/mol. The molecule has 1 spiro atoms. The van der Waals surface area contributed by atoms with Crippen LogP contribution < -0.4 is 9.62 Å². The molecule has 30 heavy (non-hydrogen) atoms. The summed E-state index contributed by atoms with van der Waals surface area (Å²) in [4.78, 5) is 7.21. The summed E-state index contributed by atoms with van der Waals surface area (Å²) in [6, 6.07) is 13.8. The molecule has 7 nitrogen and oxygen atoms in total. The number of aliphatic imine (C=N–C) groups is 1. The van der Waals surface area contributed by atoms with Crippen LogP contribution in [0.3, 0.4) is 0 Å². The molecule has 0 unspecified atom stereocenters. The van der Waals surface area contributed by atoms with Crippen LogP contribution >= 0.6 is 0 Å². The zero-order chi connectivity index (χ0) is 21.0. The largest absolute Gasteiger partial charge is 0.340 e. The van der Waals surface area contributed by atoms with Gasteiger partial charge in [-0.2, -0.15) is 0 Å². The minimum absolute atomic E-state index is 0.0224. The van der Waals surface area contributed by atoms with Crippen LogP contribution in [-0.4, -0.2) is 40.6 Å². The summed E-state index contributed by atoms with van der Waals surface area (Å²) in [5.41, 5.74) is 2.24. The van der Waals surface area contributed by atoms with E-state index in [1.807, 2.05) is 12.1 Å². The third kappa shape index (κ3) is 3.10. The number of rotatable bonds is 3. The molecule has 0 bridgehead atoms. The number of benzene rings is 2. The zero-order valence-electron chi connectivity index (χ0n) is 17.1. The second-order valence-electron chi connectivity index (χ2n) is 8.71. The van der Waals surface area contributed by atoms with Crippen LogP contribution in [0.5, 0.6) is 0 Å². The van der Waals surface area contributed by atoms with Gasteiger partial charge in [-0.25, -0.2) is 8.42 Å². The fourth-order valence-electron chi connectivity index (χ4n) is 4.26. The van der Waals surface area contributed by atoms with Gasteiger partial charge in [-0.05, 0) is 36.8 Å². The molecule has 1 N–H and O–H groups in total. The van der Waals surface area contributed by atoms with Gasteiger partial charge in [-0.1, -0.05) is 32.0 Å². The normalized spacial score (nSPS) is 21.7. The SMILES string of the molecule is CC1(C)CN=C2N(C1)c1ccc(NS(=O)(=O)c3ccccc3)cc1C21OCCCO1. The Morgan fingerprint density at radius 2 is 1.80 bits per heavy atom. The van der Waals surface area contributed by atoms with Crippen molar-refractivity contribution < 1.29 is 17.9 Å². The fraction of sp³-hybridized carbons (Fsp3) is 0.409. The van der Waals surface area contributed by atoms with Crippen LogP contribution in [0.1, 0.15) is 25.8 Å². The molecule has 0 atom stereocenters. The summed E-state index contributed by atoms with van der Waals surface area (Å²) in [7, 11) is -3.69. The Bertz CT molecular complexity index is 1110. The molecule has 3 aliphatic heterocycles. The van der Waals surface area contributed by atoms with Crippen LogP contribution in [0.15, 0.2) is 58.4 Å². The number of fused-ring (bicyclic) bond motifs is 5. The highest BCUT2D eigenvalue weighted by atomic mass is 32.2. The molecule has 0 aliphatic carbocycles. The molecule has 1 fully saturated rings. The van der Waals surface area contributed by atoms with Crippen molar-refractivity contribution >= 4 is 27.2 Å². The highest BCUT2D eigenvalue weighted by molar-refractivity contribution is 7.92. The lowest BCUT2D eigenvalue weighted by atomic mass is 9.91. The standard InChI is InChI=1S/C22H25N3O4S/c1-21(2)14-23-20-22(28-11-6-12-29-22)18-13-16(9-10-19(18)25(20)15-21)24-30(26,27)17-7-4-3-5-8-17/h3-5,7-10,13,24H,6,11-12,14-15H2,1-2H3. The first-order valence-corrected chi connectivity index (χ1v) is 11.6. The molecule has 1 saturated heterocycles. The highest BCUT2D eigenvalue weighted by Crippen LogP contribution is 2.49. The van der Waals surface area contributed by atoms with Gasteiger partial charge < -0.3 is 14.4 Å². The first-order chi connectivity index (χ1) is 14.3. The van der Waals surface area contributed by atoms with Gasteiger partial charge in [0.25, 0.3) is 15.8 Å². The molecule has 0 saturated carbocycles. The molecule has 158 valence electrons. The third-order valence-electron chi connectivity index (χ3n) is 5.64. The van der Waals surface area contributed by atoms with E-state index in [0.717, 1.165) is 30.1 Å². The van der Waals surface area contributed by atoms with Gasteiger partial charge in [0.2, 0.25) is 0 Å². The second-order valence-corrected chi connectivity index (χ2v) is 10.4. The molecule has 0 radical (unpaired) electrons. The van der Waals surface area contributed by atoms with Crippen LogP contribution in [-0.2, 0) is 25.3 Å². The van der Waals surface area contributed by atoms with Crippen molar-refractivity contribution in [3.63, 3.8) is 0 Å². The lowest BCUT2D eigenvalue weighted by molar-refractivity contribution is -0.228. The third-order valence-corrected chi connectivity index (χ3v) is 7.04. The number of hydrogen-bond acceptors (Lipinski definition) is 6. The molecule has 5 rings (SSSR count). The molecular formula is C22H25N3O4S. The Morgan fingerprint density at radius 1 is 1.07 bits per heavy atom. The van der Waals surface area contributed by atoms with E-state index < -0.39 is 15.8 Å². The Hall–Kier alpha value is -2.42. The van der Waals surface area contributed by atoms with E-state index in [1.165, 1.54) is 0 Å². The predicted molar refractivity (Wildman–Crippen MR) is 115 cm³/mol. The number of amidine groups is 1. The zero-order valence-corrected chi connectivity index (χ0v) is 17.9. The maximum atomic E-state index is 12.8. The Balaban J connectivity index is 1.57. The molecule has 3 aliphatic rings. The lowest BCUT2D eigenvalue weighted by Crippen LogP contribution is -2.52. The van der Waals surface area contributed by atoms with E-state index in [0.29, 0.717) is 25.4 Å². The van der Waals surface area contributed by atoms with Crippen LogP contribution in [0.2, 0.25) is 0 Å². The summed E-state index contributed by atoms with van der Waals surface area (Å²) < 4.78 is 40.7. The van der Waals surface area contributed by atoms with Gasteiger partial charge in [0.15, 0.2) is 5.84 Å². The number of nitrogens with zero attached hydrogens (tertiary/aromatic N) is 2. The molecule has 2 aromatic carbocycles. The van der Waals surface area contributed by atoms with Crippen molar-refractivity contribution in [2.24, 2.45) is 10.4 Å². The van der Waals surface area contributed by atoms with E-state index >= 15 is 0 Å². The Morgan fingerprint density at radius 3 is 2.53 bits per heavy atom. The van der Waals surface area contributed by atoms with Crippen molar-refractivity contribution in [1.82, 2.24) is 0 Å². The number of sulfonamides is 1. The molecule has 2 aromatic rings. The Kier molecular flexibility index (Phi) is 4.43.